The number of rotatable bonds is 7. The predicted molar refractivity (Wildman–Crippen MR) is 160 cm³/mol. The molecule has 1 saturated heterocycles. The Kier molecular flexibility index (Phi) is 7.21. The molecule has 2 aliphatic heterocycles. The van der Waals surface area contributed by atoms with Gasteiger partial charge in [-0.2, -0.15) is 9.97 Å². The summed E-state index contributed by atoms with van der Waals surface area (Å²) < 4.78 is 20.6. The van der Waals surface area contributed by atoms with Crippen molar-refractivity contribution in [3.63, 3.8) is 0 Å². The number of carbonyl (C=O) groups is 1. The summed E-state index contributed by atoms with van der Waals surface area (Å²) >= 11 is 0. The number of anilines is 3. The zero-order valence-corrected chi connectivity index (χ0v) is 23.6. The third-order valence-corrected chi connectivity index (χ3v) is 8.25. The minimum atomic E-state index is -0.524. The first-order chi connectivity index (χ1) is 21.0. The van der Waals surface area contributed by atoms with Gasteiger partial charge in [0.05, 0.1) is 31.1 Å². The molecule has 1 aromatic heterocycles. The molecule has 4 aromatic rings. The van der Waals surface area contributed by atoms with Gasteiger partial charge in [0.25, 0.3) is 5.91 Å². The van der Waals surface area contributed by atoms with E-state index < -0.39 is 18.3 Å². The molecule has 3 aromatic carbocycles. The number of aliphatic hydroxyl groups excluding tert-OH is 1. The normalized spacial score (nSPS) is 16.8. The maximum atomic E-state index is 15.2. The lowest BCUT2D eigenvalue weighted by molar-refractivity contribution is 0.0958. The highest BCUT2D eigenvalue weighted by atomic mass is 19.1. The zero-order valence-electron chi connectivity index (χ0n) is 23.6. The van der Waals surface area contributed by atoms with E-state index in [1.165, 1.54) is 11.1 Å². The number of carbonyl (C=O) groups excluding carboxylic acids is 1. The van der Waals surface area contributed by atoms with Crippen LogP contribution >= 0.6 is 0 Å². The summed E-state index contributed by atoms with van der Waals surface area (Å²) in [5, 5.41) is 11.8. The Morgan fingerprint density at radius 2 is 1.84 bits per heavy atom. The topological polar surface area (TPSA) is 130 Å². The third-order valence-electron chi connectivity index (χ3n) is 8.25. The SMILES string of the molecule is Nc1nc(Cc2ccc(N3CCOCC3)cc2)nc(-c2cccc(N3NCc4cc(C5CC5)cc(F)c4C3=O)c2CO)n1. The molecule has 3 aliphatic rings. The monoisotopic (exact) mass is 581 g/mol. The van der Waals surface area contributed by atoms with E-state index in [9.17, 15) is 9.90 Å². The van der Waals surface area contributed by atoms with Crippen molar-refractivity contribution in [3.8, 4) is 11.4 Å². The van der Waals surface area contributed by atoms with E-state index in [1.54, 1.807) is 18.2 Å². The van der Waals surface area contributed by atoms with Crippen molar-refractivity contribution in [3.05, 3.63) is 94.1 Å². The number of fused-ring (bicyclic) bond motifs is 1. The second-order valence-corrected chi connectivity index (χ2v) is 11.1. The maximum Gasteiger partial charge on any atom is 0.275 e. The van der Waals surface area contributed by atoms with Crippen LogP contribution in [0.1, 0.15) is 57.2 Å². The Balaban J connectivity index is 1.17. The summed E-state index contributed by atoms with van der Waals surface area (Å²) in [6.07, 6.45) is 2.52. The minimum Gasteiger partial charge on any atom is -0.392 e. The van der Waals surface area contributed by atoms with Crippen LogP contribution in [0, 0.1) is 5.82 Å². The molecule has 0 radical (unpaired) electrons. The van der Waals surface area contributed by atoms with Crippen LogP contribution in [0.25, 0.3) is 11.4 Å². The molecule has 7 rings (SSSR count). The van der Waals surface area contributed by atoms with Crippen LogP contribution in [0.15, 0.2) is 54.6 Å². The number of amides is 1. The fourth-order valence-corrected chi connectivity index (χ4v) is 5.89. The number of ether oxygens (including phenoxy) is 1. The van der Waals surface area contributed by atoms with E-state index in [0.717, 1.165) is 56.0 Å². The van der Waals surface area contributed by atoms with Gasteiger partial charge in [0, 0.05) is 42.9 Å². The van der Waals surface area contributed by atoms with Crippen molar-refractivity contribution in [1.82, 2.24) is 20.4 Å². The van der Waals surface area contributed by atoms with Gasteiger partial charge < -0.3 is 20.5 Å². The lowest BCUT2D eigenvalue weighted by Crippen LogP contribution is -2.48. The van der Waals surface area contributed by atoms with Crippen LogP contribution in [-0.4, -0.2) is 52.3 Å². The number of hydrazine groups is 1. The maximum absolute atomic E-state index is 15.2. The predicted octanol–water partition coefficient (Wildman–Crippen LogP) is 3.72. The number of nitrogens with two attached hydrogens (primary N) is 1. The van der Waals surface area contributed by atoms with Crippen LogP contribution in [0.2, 0.25) is 0 Å². The molecular formula is C32H32FN7O3. The van der Waals surface area contributed by atoms with Crippen LogP contribution in [0.5, 0.6) is 0 Å². The molecule has 0 spiro atoms. The minimum absolute atomic E-state index is 0.0452. The van der Waals surface area contributed by atoms with Gasteiger partial charge in [-0.3, -0.25) is 4.79 Å². The molecule has 0 unspecified atom stereocenters. The highest BCUT2D eigenvalue weighted by molar-refractivity contribution is 6.08. The second kappa shape index (κ2) is 11.3. The third kappa shape index (κ3) is 5.42. The largest absolute Gasteiger partial charge is 0.392 e. The van der Waals surface area contributed by atoms with Crippen molar-refractivity contribution in [2.24, 2.45) is 0 Å². The van der Waals surface area contributed by atoms with Crippen LogP contribution in [0.3, 0.4) is 0 Å². The summed E-state index contributed by atoms with van der Waals surface area (Å²) in [6.45, 7) is 3.04. The van der Waals surface area contributed by atoms with Crippen LogP contribution in [-0.2, 0) is 24.3 Å². The van der Waals surface area contributed by atoms with Gasteiger partial charge in [-0.15, -0.1) is 0 Å². The van der Waals surface area contributed by atoms with Gasteiger partial charge in [-0.05, 0) is 59.7 Å². The van der Waals surface area contributed by atoms with Gasteiger partial charge in [-0.25, -0.2) is 19.8 Å². The van der Waals surface area contributed by atoms with E-state index in [1.807, 2.05) is 18.2 Å². The molecule has 1 amide bonds. The number of aliphatic hydroxyl groups is 1. The van der Waals surface area contributed by atoms with Gasteiger partial charge in [0.1, 0.15) is 11.6 Å². The summed E-state index contributed by atoms with van der Waals surface area (Å²) in [7, 11) is 0. The number of hydrogen-bond acceptors (Lipinski definition) is 9. The number of hydrogen-bond donors (Lipinski definition) is 3. The van der Waals surface area contributed by atoms with E-state index in [2.05, 4.69) is 37.4 Å². The molecule has 1 saturated carbocycles. The molecule has 0 bridgehead atoms. The number of nitrogens with zero attached hydrogens (tertiary/aromatic N) is 5. The highest BCUT2D eigenvalue weighted by Crippen LogP contribution is 2.42. The Labute approximate surface area is 248 Å². The standard InChI is InChI=1S/C32H32FN7O3/c33-26-16-21(20-6-7-20)15-22-17-35-40(31(42)29(22)26)27-3-1-2-24(25(27)18-41)30-36-28(37-32(34)38-30)14-19-4-8-23(9-5-19)39-10-12-43-13-11-39/h1-5,8-9,15-16,20,35,41H,6-7,10-14,17-18H2,(H2,34,36,37,38). The first-order valence-electron chi connectivity index (χ1n) is 14.5. The van der Waals surface area contributed by atoms with E-state index in [-0.39, 0.29) is 23.9 Å². The van der Waals surface area contributed by atoms with E-state index >= 15 is 4.39 Å². The number of nitrogens with one attached hydrogen (secondary N) is 1. The van der Waals surface area contributed by atoms with Crippen LogP contribution < -0.4 is 21.1 Å². The molecule has 10 nitrogen and oxygen atoms in total. The van der Waals surface area contributed by atoms with Gasteiger partial charge >= 0.3 is 0 Å². The molecular weight excluding hydrogens is 549 g/mol. The summed E-state index contributed by atoms with van der Waals surface area (Å²) in [6, 6.07) is 16.8. The van der Waals surface area contributed by atoms with Gasteiger partial charge in [0.15, 0.2) is 5.82 Å². The van der Waals surface area contributed by atoms with Crippen LogP contribution in [0.4, 0.5) is 21.7 Å². The summed E-state index contributed by atoms with van der Waals surface area (Å²) in [5.41, 5.74) is 14.3. The zero-order chi connectivity index (χ0) is 29.5. The molecule has 1 aliphatic carbocycles. The summed E-state index contributed by atoms with van der Waals surface area (Å²) in [5.74, 6) is 0.135. The Hall–Kier alpha value is -4.45. The van der Waals surface area contributed by atoms with Crippen molar-refractivity contribution < 1.29 is 19.0 Å². The van der Waals surface area contributed by atoms with Crippen molar-refractivity contribution in [2.45, 2.75) is 38.3 Å². The quantitative estimate of drug-likeness (QED) is 0.299. The van der Waals surface area contributed by atoms with Crippen molar-refractivity contribution in [1.29, 1.82) is 0 Å². The number of aromatic nitrogens is 3. The lowest BCUT2D eigenvalue weighted by Gasteiger charge is -2.31. The first kappa shape index (κ1) is 27.4. The molecule has 11 heteroatoms. The highest BCUT2D eigenvalue weighted by Gasteiger charge is 2.33. The Morgan fingerprint density at radius 1 is 1.05 bits per heavy atom. The fraction of sp³-hybridized carbons (Fsp3) is 0.312. The molecule has 4 N–H and O–H groups in total. The molecule has 0 atom stereocenters. The average molecular weight is 582 g/mol. The average Bonchev–Trinajstić information content (AvgIpc) is 3.87. The molecule has 2 fully saturated rings. The first-order valence-corrected chi connectivity index (χ1v) is 14.5. The number of morpholine rings is 1. The second-order valence-electron chi connectivity index (χ2n) is 11.1. The molecule has 3 heterocycles. The Morgan fingerprint density at radius 3 is 2.58 bits per heavy atom. The number of benzene rings is 3. The fourth-order valence-electron chi connectivity index (χ4n) is 5.89. The van der Waals surface area contributed by atoms with Crippen molar-refractivity contribution in [2.75, 3.05) is 41.9 Å². The number of nitrogen functional groups attached to an aromatic ring is 1. The van der Waals surface area contributed by atoms with E-state index in [4.69, 9.17) is 10.5 Å². The number of halogens is 1. The Bertz CT molecular complexity index is 1690. The summed E-state index contributed by atoms with van der Waals surface area (Å²) in [4.78, 5) is 29.2. The van der Waals surface area contributed by atoms with Crippen molar-refractivity contribution >= 4 is 23.2 Å². The lowest BCUT2D eigenvalue weighted by atomic mass is 9.97. The van der Waals surface area contributed by atoms with E-state index in [0.29, 0.717) is 40.5 Å². The molecule has 220 valence electrons. The van der Waals surface area contributed by atoms with Gasteiger partial charge in [-0.1, -0.05) is 30.3 Å². The smallest absolute Gasteiger partial charge is 0.275 e. The molecule has 43 heavy (non-hydrogen) atoms. The van der Waals surface area contributed by atoms with Gasteiger partial charge in [0.2, 0.25) is 5.95 Å².